The van der Waals surface area contributed by atoms with Crippen molar-refractivity contribution < 1.29 is 0 Å². The van der Waals surface area contributed by atoms with Crippen LogP contribution in [0, 0.1) is 0 Å². The summed E-state index contributed by atoms with van der Waals surface area (Å²) in [5, 5.41) is 4.79. The molecule has 0 fully saturated rings. The van der Waals surface area contributed by atoms with Crippen molar-refractivity contribution in [3.63, 3.8) is 0 Å². The first kappa shape index (κ1) is 15.8. The highest BCUT2D eigenvalue weighted by molar-refractivity contribution is 7.15. The molecule has 1 aromatic heterocycles. The normalized spacial score (nSPS) is 12.6. The van der Waals surface area contributed by atoms with Crippen LogP contribution in [-0.4, -0.2) is 6.54 Å². The van der Waals surface area contributed by atoms with Gasteiger partial charge < -0.3 is 5.32 Å². The first-order chi connectivity index (χ1) is 9.65. The number of benzene rings is 1. The summed E-state index contributed by atoms with van der Waals surface area (Å²) in [6, 6.07) is 10.6. The fourth-order valence-electron chi connectivity index (χ4n) is 2.11. The average molecular weight is 328 g/mol. The van der Waals surface area contributed by atoms with Gasteiger partial charge in [-0.3, -0.25) is 0 Å². The fourth-order valence-corrected chi connectivity index (χ4v) is 3.57. The maximum Gasteiger partial charge on any atom is 0.0598 e. The van der Waals surface area contributed by atoms with Gasteiger partial charge in [-0.25, -0.2) is 0 Å². The van der Waals surface area contributed by atoms with Crippen molar-refractivity contribution in [1.29, 1.82) is 0 Å². The second-order valence-corrected chi connectivity index (χ2v) is 6.68. The Balaban J connectivity index is 2.20. The predicted molar refractivity (Wildman–Crippen MR) is 91.1 cm³/mol. The van der Waals surface area contributed by atoms with Gasteiger partial charge in [-0.2, -0.15) is 0 Å². The van der Waals surface area contributed by atoms with E-state index >= 15 is 0 Å². The third kappa shape index (κ3) is 3.76. The van der Waals surface area contributed by atoms with Gasteiger partial charge in [0.1, 0.15) is 0 Å². The lowest BCUT2D eigenvalue weighted by Crippen LogP contribution is -2.20. The van der Waals surface area contributed by atoms with Crippen LogP contribution in [0.1, 0.15) is 37.6 Å². The number of thiophene rings is 1. The summed E-state index contributed by atoms with van der Waals surface area (Å²) in [6.07, 6.45) is 2.25. The van der Waals surface area contributed by atoms with Crippen molar-refractivity contribution in [2.45, 2.75) is 32.7 Å². The smallest absolute Gasteiger partial charge is 0.0598 e. The van der Waals surface area contributed by atoms with Crippen LogP contribution < -0.4 is 5.32 Å². The second kappa shape index (κ2) is 7.46. The predicted octanol–water partition coefficient (Wildman–Crippen LogP) is 6.17. The molecule has 1 N–H and O–H groups in total. The topological polar surface area (TPSA) is 12.0 Å². The van der Waals surface area contributed by atoms with Crippen LogP contribution in [0.4, 0.5) is 0 Å². The lowest BCUT2D eigenvalue weighted by Gasteiger charge is -2.14. The van der Waals surface area contributed by atoms with E-state index in [0.717, 1.165) is 24.9 Å². The third-order valence-corrected chi connectivity index (χ3v) is 5.21. The molecule has 0 saturated carbocycles. The molecule has 108 valence electrons. The van der Waals surface area contributed by atoms with Crippen molar-refractivity contribution in [1.82, 2.24) is 5.32 Å². The largest absolute Gasteiger partial charge is 0.309 e. The van der Waals surface area contributed by atoms with Gasteiger partial charge >= 0.3 is 0 Å². The molecule has 0 spiro atoms. The van der Waals surface area contributed by atoms with Crippen LogP contribution in [-0.2, 0) is 0 Å². The highest BCUT2D eigenvalue weighted by Crippen LogP contribution is 2.35. The Morgan fingerprint density at radius 3 is 2.55 bits per heavy atom. The van der Waals surface area contributed by atoms with Crippen LogP contribution in [0.15, 0.2) is 30.3 Å². The molecule has 0 bridgehead atoms. The minimum Gasteiger partial charge on any atom is -0.309 e. The highest BCUT2D eigenvalue weighted by Gasteiger charge is 2.12. The van der Waals surface area contributed by atoms with Crippen molar-refractivity contribution in [3.8, 4) is 10.4 Å². The molecule has 2 rings (SSSR count). The molecular formula is C16H19Cl2NS. The fraction of sp³-hybridized carbons (Fsp3) is 0.375. The molecule has 20 heavy (non-hydrogen) atoms. The lowest BCUT2D eigenvalue weighted by molar-refractivity contribution is 0.525. The summed E-state index contributed by atoms with van der Waals surface area (Å²) >= 11 is 13.9. The van der Waals surface area contributed by atoms with Crippen molar-refractivity contribution in [2.24, 2.45) is 0 Å². The molecule has 1 unspecified atom stereocenters. The summed E-state index contributed by atoms with van der Waals surface area (Å²) in [4.78, 5) is 2.61. The molecule has 0 aliphatic rings. The summed E-state index contributed by atoms with van der Waals surface area (Å²) in [6.45, 7) is 5.46. The molecule has 0 radical (unpaired) electrons. The molecule has 2 aromatic rings. The summed E-state index contributed by atoms with van der Waals surface area (Å²) in [7, 11) is 0. The lowest BCUT2D eigenvalue weighted by atomic mass is 10.1. The Kier molecular flexibility index (Phi) is 5.91. The zero-order valence-corrected chi connectivity index (χ0v) is 14.1. The number of nitrogens with one attached hydrogen (secondary N) is 1. The van der Waals surface area contributed by atoms with E-state index in [-0.39, 0.29) is 0 Å². The molecule has 4 heteroatoms. The third-order valence-electron chi connectivity index (χ3n) is 3.22. The number of halogens is 2. The first-order valence-electron chi connectivity index (χ1n) is 6.94. The second-order valence-electron chi connectivity index (χ2n) is 4.75. The van der Waals surface area contributed by atoms with Gasteiger partial charge in [0.15, 0.2) is 0 Å². The van der Waals surface area contributed by atoms with Crippen LogP contribution >= 0.6 is 34.5 Å². The van der Waals surface area contributed by atoms with E-state index in [9.17, 15) is 0 Å². The summed E-state index contributed by atoms with van der Waals surface area (Å²) < 4.78 is 0. The van der Waals surface area contributed by atoms with Gasteiger partial charge in [-0.15, -0.1) is 11.3 Å². The van der Waals surface area contributed by atoms with E-state index in [1.165, 1.54) is 9.75 Å². The van der Waals surface area contributed by atoms with Crippen molar-refractivity contribution >= 4 is 34.5 Å². The Morgan fingerprint density at radius 2 is 1.90 bits per heavy atom. The molecule has 1 nitrogen and oxygen atoms in total. The zero-order valence-electron chi connectivity index (χ0n) is 11.7. The van der Waals surface area contributed by atoms with Gasteiger partial charge in [0.25, 0.3) is 0 Å². The van der Waals surface area contributed by atoms with Gasteiger partial charge in [0.05, 0.1) is 10.0 Å². The monoisotopic (exact) mass is 327 g/mol. The van der Waals surface area contributed by atoms with E-state index in [1.807, 2.05) is 29.5 Å². The van der Waals surface area contributed by atoms with E-state index in [4.69, 9.17) is 23.2 Å². The quantitative estimate of drug-likeness (QED) is 0.668. The SMILES string of the molecule is CCCNC(CC)c1ccc(-c2ccc(Cl)c(Cl)c2)s1. The Bertz CT molecular complexity index is 565. The number of rotatable bonds is 6. The standard InChI is InChI=1S/C16H19Cl2NS/c1-3-9-19-14(4-2)16-8-7-15(20-16)11-5-6-12(17)13(18)10-11/h5-8,10,14,19H,3-4,9H2,1-2H3. The molecule has 1 aromatic carbocycles. The van der Waals surface area contributed by atoms with Crippen LogP contribution in [0.25, 0.3) is 10.4 Å². The molecule has 0 saturated heterocycles. The Labute approximate surface area is 134 Å². The Hall–Kier alpha value is -0.540. The van der Waals surface area contributed by atoms with Gasteiger partial charge in [-0.1, -0.05) is 43.1 Å². The van der Waals surface area contributed by atoms with E-state index in [2.05, 4.69) is 31.3 Å². The van der Waals surface area contributed by atoms with E-state index in [1.54, 1.807) is 0 Å². The van der Waals surface area contributed by atoms with Crippen LogP contribution in [0.3, 0.4) is 0 Å². The van der Waals surface area contributed by atoms with Crippen LogP contribution in [0.5, 0.6) is 0 Å². The van der Waals surface area contributed by atoms with E-state index < -0.39 is 0 Å². The van der Waals surface area contributed by atoms with Crippen molar-refractivity contribution in [2.75, 3.05) is 6.54 Å². The van der Waals surface area contributed by atoms with Crippen LogP contribution in [0.2, 0.25) is 10.0 Å². The van der Waals surface area contributed by atoms with Gasteiger partial charge in [-0.05, 0) is 49.2 Å². The number of hydrogen-bond donors (Lipinski definition) is 1. The molecule has 0 amide bonds. The van der Waals surface area contributed by atoms with Gasteiger partial charge in [0, 0.05) is 15.8 Å². The van der Waals surface area contributed by atoms with Crippen molar-refractivity contribution in [3.05, 3.63) is 45.3 Å². The maximum atomic E-state index is 6.09. The van der Waals surface area contributed by atoms with Gasteiger partial charge in [0.2, 0.25) is 0 Å². The molecule has 1 atom stereocenters. The maximum absolute atomic E-state index is 6.09. The Morgan fingerprint density at radius 1 is 1.10 bits per heavy atom. The van der Waals surface area contributed by atoms with E-state index in [0.29, 0.717) is 16.1 Å². The molecule has 0 aliphatic carbocycles. The number of hydrogen-bond acceptors (Lipinski definition) is 2. The summed E-state index contributed by atoms with van der Waals surface area (Å²) in [5.41, 5.74) is 1.13. The minimum absolute atomic E-state index is 0.441. The molecule has 1 heterocycles. The molecular weight excluding hydrogens is 309 g/mol. The molecule has 0 aliphatic heterocycles. The highest BCUT2D eigenvalue weighted by atomic mass is 35.5. The average Bonchev–Trinajstić information content (AvgIpc) is 2.92. The zero-order chi connectivity index (χ0) is 14.5. The minimum atomic E-state index is 0.441. The first-order valence-corrected chi connectivity index (χ1v) is 8.51. The summed E-state index contributed by atoms with van der Waals surface area (Å²) in [5.74, 6) is 0.